The van der Waals surface area contributed by atoms with Gasteiger partial charge in [0.2, 0.25) is 5.91 Å². The van der Waals surface area contributed by atoms with Crippen LogP contribution in [-0.4, -0.2) is 26.8 Å². The molecule has 7 nitrogen and oxygen atoms in total. The van der Waals surface area contributed by atoms with Gasteiger partial charge in [0.25, 0.3) is 5.69 Å². The molecule has 0 aliphatic carbocycles. The molecule has 0 aliphatic heterocycles. The van der Waals surface area contributed by atoms with Gasteiger partial charge in [-0.2, -0.15) is 5.10 Å². The van der Waals surface area contributed by atoms with Gasteiger partial charge in [0.15, 0.2) is 0 Å². The molecular weight excluding hydrogens is 328 g/mol. The number of hydrogen-bond acceptors (Lipinski definition) is 6. The van der Waals surface area contributed by atoms with Gasteiger partial charge in [0.05, 0.1) is 16.9 Å². The fourth-order valence-electron chi connectivity index (χ4n) is 2.11. The maximum atomic E-state index is 12.0. The van der Waals surface area contributed by atoms with E-state index in [1.165, 1.54) is 36.0 Å². The number of benzene rings is 2. The predicted octanol–water partition coefficient (Wildman–Crippen LogP) is 3.27. The third kappa shape index (κ3) is 3.66. The summed E-state index contributed by atoms with van der Waals surface area (Å²) in [7, 11) is 0. The number of rotatable bonds is 5. The van der Waals surface area contributed by atoms with Gasteiger partial charge in [0.1, 0.15) is 5.03 Å². The second-order valence-electron chi connectivity index (χ2n) is 4.88. The molecule has 0 radical (unpaired) electrons. The molecule has 0 atom stereocenters. The highest BCUT2D eigenvalue weighted by molar-refractivity contribution is 8.00. The zero-order valence-electron chi connectivity index (χ0n) is 12.4. The average Bonchev–Trinajstić information content (AvgIpc) is 2.60. The number of non-ortho nitro benzene ring substituents is 1. The molecule has 8 heteroatoms. The zero-order valence-corrected chi connectivity index (χ0v) is 13.2. The highest BCUT2D eigenvalue weighted by Gasteiger charge is 2.09. The summed E-state index contributed by atoms with van der Waals surface area (Å²) < 4.78 is 0. The summed E-state index contributed by atoms with van der Waals surface area (Å²) in [6.07, 6.45) is 1.68. The summed E-state index contributed by atoms with van der Waals surface area (Å²) in [6.45, 7) is 0. The number of amides is 1. The third-order valence-electron chi connectivity index (χ3n) is 3.24. The molecule has 0 saturated carbocycles. The predicted molar refractivity (Wildman–Crippen MR) is 92.0 cm³/mol. The molecule has 1 heterocycles. The molecule has 0 saturated heterocycles. The van der Waals surface area contributed by atoms with Crippen LogP contribution in [0.3, 0.4) is 0 Å². The summed E-state index contributed by atoms with van der Waals surface area (Å²) in [5, 5.41) is 23.9. The van der Waals surface area contributed by atoms with Crippen molar-refractivity contribution in [3.63, 3.8) is 0 Å². The lowest BCUT2D eigenvalue weighted by atomic mass is 10.2. The molecule has 0 bridgehead atoms. The normalized spacial score (nSPS) is 10.5. The Bertz CT molecular complexity index is 894. The van der Waals surface area contributed by atoms with E-state index in [0.717, 1.165) is 10.8 Å². The van der Waals surface area contributed by atoms with Gasteiger partial charge >= 0.3 is 0 Å². The van der Waals surface area contributed by atoms with Crippen LogP contribution in [0.15, 0.2) is 59.8 Å². The van der Waals surface area contributed by atoms with Crippen molar-refractivity contribution in [2.75, 3.05) is 11.1 Å². The number of nitro groups is 1. The molecular formula is C16H12N4O3S. The Morgan fingerprint density at radius 3 is 2.67 bits per heavy atom. The van der Waals surface area contributed by atoms with Crippen LogP contribution in [0, 0.1) is 10.1 Å². The summed E-state index contributed by atoms with van der Waals surface area (Å²) >= 11 is 1.29. The van der Waals surface area contributed by atoms with Gasteiger partial charge < -0.3 is 5.32 Å². The molecule has 1 N–H and O–H groups in total. The Hall–Kier alpha value is -3.00. The van der Waals surface area contributed by atoms with Gasteiger partial charge in [-0.3, -0.25) is 14.9 Å². The monoisotopic (exact) mass is 340 g/mol. The highest BCUT2D eigenvalue weighted by Crippen LogP contribution is 2.24. The van der Waals surface area contributed by atoms with Crippen LogP contribution in [-0.2, 0) is 4.79 Å². The van der Waals surface area contributed by atoms with Crippen LogP contribution in [0.2, 0.25) is 0 Å². The van der Waals surface area contributed by atoms with E-state index in [4.69, 9.17) is 0 Å². The second-order valence-corrected chi connectivity index (χ2v) is 5.84. The van der Waals surface area contributed by atoms with Crippen molar-refractivity contribution in [1.29, 1.82) is 0 Å². The van der Waals surface area contributed by atoms with Crippen molar-refractivity contribution in [2.24, 2.45) is 0 Å². The smallest absolute Gasteiger partial charge is 0.269 e. The molecule has 0 spiro atoms. The number of aromatic nitrogens is 2. The van der Waals surface area contributed by atoms with Crippen molar-refractivity contribution >= 4 is 39.8 Å². The van der Waals surface area contributed by atoms with Crippen LogP contribution < -0.4 is 5.32 Å². The molecule has 24 heavy (non-hydrogen) atoms. The van der Waals surface area contributed by atoms with E-state index >= 15 is 0 Å². The molecule has 1 aromatic heterocycles. The lowest BCUT2D eigenvalue weighted by molar-refractivity contribution is -0.384. The van der Waals surface area contributed by atoms with Crippen LogP contribution in [0.25, 0.3) is 10.8 Å². The summed E-state index contributed by atoms with van der Waals surface area (Å²) in [5.74, 6) is -0.0526. The van der Waals surface area contributed by atoms with E-state index < -0.39 is 4.92 Å². The van der Waals surface area contributed by atoms with E-state index in [0.29, 0.717) is 10.7 Å². The fourth-order valence-corrected chi connectivity index (χ4v) is 2.89. The number of anilines is 1. The number of fused-ring (bicyclic) bond motifs is 1. The highest BCUT2D eigenvalue weighted by atomic mass is 32.2. The fraction of sp³-hybridized carbons (Fsp3) is 0.0625. The standard InChI is InChI=1S/C16H12N4O3S/c21-15(18-12-5-7-13(8-6-12)20(22)23)10-24-16-14-4-2-1-3-11(14)9-17-19-16/h1-9H,10H2,(H,18,21). The minimum atomic E-state index is -0.485. The molecule has 0 aliphatic rings. The quantitative estimate of drug-likeness (QED) is 0.435. The Morgan fingerprint density at radius 2 is 1.92 bits per heavy atom. The molecule has 0 fully saturated rings. The Morgan fingerprint density at radius 1 is 1.17 bits per heavy atom. The first kappa shape index (κ1) is 15.9. The first-order valence-corrected chi connectivity index (χ1v) is 7.99. The number of hydrogen-bond donors (Lipinski definition) is 1. The Kier molecular flexibility index (Phi) is 4.66. The number of carbonyl (C=O) groups excluding carboxylic acids is 1. The molecule has 120 valence electrons. The van der Waals surface area contributed by atoms with Crippen molar-refractivity contribution in [2.45, 2.75) is 5.03 Å². The lowest BCUT2D eigenvalue weighted by Gasteiger charge is -2.06. The van der Waals surface area contributed by atoms with Crippen LogP contribution in [0.4, 0.5) is 11.4 Å². The molecule has 3 aromatic rings. The van der Waals surface area contributed by atoms with E-state index in [2.05, 4.69) is 15.5 Å². The van der Waals surface area contributed by atoms with Gasteiger partial charge in [0, 0.05) is 28.6 Å². The molecule has 3 rings (SSSR count). The van der Waals surface area contributed by atoms with Crippen molar-refractivity contribution in [3.05, 3.63) is 64.8 Å². The van der Waals surface area contributed by atoms with Gasteiger partial charge in [-0.15, -0.1) is 5.10 Å². The first-order valence-electron chi connectivity index (χ1n) is 7.01. The van der Waals surface area contributed by atoms with Crippen LogP contribution >= 0.6 is 11.8 Å². The second kappa shape index (κ2) is 7.05. The van der Waals surface area contributed by atoms with E-state index in [9.17, 15) is 14.9 Å². The lowest BCUT2D eigenvalue weighted by Crippen LogP contribution is -2.14. The number of nitrogens with zero attached hydrogens (tertiary/aromatic N) is 3. The largest absolute Gasteiger partial charge is 0.325 e. The average molecular weight is 340 g/mol. The minimum Gasteiger partial charge on any atom is -0.325 e. The van der Waals surface area contributed by atoms with Crippen LogP contribution in [0.5, 0.6) is 0 Å². The minimum absolute atomic E-state index is 0.0200. The number of thioether (sulfide) groups is 1. The van der Waals surface area contributed by atoms with E-state index in [1.807, 2.05) is 24.3 Å². The third-order valence-corrected chi connectivity index (χ3v) is 4.22. The SMILES string of the molecule is O=C(CSc1nncc2ccccc12)Nc1ccc([N+](=O)[O-])cc1. The topological polar surface area (TPSA) is 98.0 Å². The van der Waals surface area contributed by atoms with E-state index in [-0.39, 0.29) is 17.3 Å². The number of nitrogens with one attached hydrogen (secondary N) is 1. The first-order chi connectivity index (χ1) is 11.6. The summed E-state index contributed by atoms with van der Waals surface area (Å²) in [5.41, 5.74) is 0.489. The maximum Gasteiger partial charge on any atom is 0.269 e. The van der Waals surface area contributed by atoms with Gasteiger partial charge in [-0.05, 0) is 12.1 Å². The van der Waals surface area contributed by atoms with Crippen LogP contribution in [0.1, 0.15) is 0 Å². The van der Waals surface area contributed by atoms with Crippen molar-refractivity contribution in [3.8, 4) is 0 Å². The van der Waals surface area contributed by atoms with Crippen molar-refractivity contribution < 1.29 is 9.72 Å². The summed E-state index contributed by atoms with van der Waals surface area (Å²) in [6, 6.07) is 13.4. The number of nitro benzene ring substituents is 1. The van der Waals surface area contributed by atoms with Gasteiger partial charge in [-0.1, -0.05) is 36.0 Å². The molecule has 0 unspecified atom stereocenters. The van der Waals surface area contributed by atoms with Crippen molar-refractivity contribution in [1.82, 2.24) is 10.2 Å². The summed E-state index contributed by atoms with van der Waals surface area (Å²) in [4.78, 5) is 22.1. The van der Waals surface area contributed by atoms with E-state index in [1.54, 1.807) is 6.20 Å². The maximum absolute atomic E-state index is 12.0. The Labute approximate surface area is 141 Å². The zero-order chi connectivity index (χ0) is 16.9. The Balaban J connectivity index is 1.64. The molecule has 1 amide bonds. The van der Waals surface area contributed by atoms with Gasteiger partial charge in [-0.25, -0.2) is 0 Å². The number of carbonyl (C=O) groups is 1. The molecule has 2 aromatic carbocycles.